The van der Waals surface area contributed by atoms with Crippen LogP contribution in [0.25, 0.3) is 0 Å². The first-order valence-corrected chi connectivity index (χ1v) is 5.16. The van der Waals surface area contributed by atoms with Crippen LogP contribution in [0.5, 0.6) is 0 Å². The molecule has 0 atom stereocenters. The molecule has 0 aliphatic rings. The normalized spacial score (nSPS) is 10.3. The maximum atomic E-state index is 10.6. The van der Waals surface area contributed by atoms with Crippen LogP contribution in [-0.2, 0) is 6.42 Å². The summed E-state index contributed by atoms with van der Waals surface area (Å²) in [6.45, 7) is 3.99. The lowest BCUT2D eigenvalue weighted by atomic mass is 10.2. The summed E-state index contributed by atoms with van der Waals surface area (Å²) in [6.07, 6.45) is 3.18. The largest absolute Gasteiger partial charge is 0.476 e. The van der Waals surface area contributed by atoms with E-state index >= 15 is 0 Å². The average Bonchev–Trinajstić information content (AvgIpc) is 2.44. The predicted molar refractivity (Wildman–Crippen MR) is 52.4 cm³/mol. The van der Waals surface area contributed by atoms with Gasteiger partial charge in [0, 0.05) is 4.88 Å². The Kier molecular flexibility index (Phi) is 3.42. The Morgan fingerprint density at radius 2 is 2.31 bits per heavy atom. The third-order valence-electron chi connectivity index (χ3n) is 1.83. The molecule has 0 aliphatic heterocycles. The molecule has 1 aromatic rings. The SMILES string of the molecule is CCCCc1sc(C(=O)O)nc1C. The van der Waals surface area contributed by atoms with Gasteiger partial charge in [-0.2, -0.15) is 0 Å². The summed E-state index contributed by atoms with van der Waals surface area (Å²) in [7, 11) is 0. The molecule has 1 rings (SSSR count). The predicted octanol–water partition coefficient (Wildman–Crippen LogP) is 2.49. The van der Waals surface area contributed by atoms with Crippen LogP contribution in [0.3, 0.4) is 0 Å². The van der Waals surface area contributed by atoms with Crippen molar-refractivity contribution in [3.05, 3.63) is 15.6 Å². The van der Waals surface area contributed by atoms with Gasteiger partial charge in [0.2, 0.25) is 5.01 Å². The quantitative estimate of drug-likeness (QED) is 0.810. The van der Waals surface area contributed by atoms with Crippen molar-refractivity contribution in [2.75, 3.05) is 0 Å². The maximum Gasteiger partial charge on any atom is 0.365 e. The second kappa shape index (κ2) is 4.37. The summed E-state index contributed by atoms with van der Waals surface area (Å²) in [5.41, 5.74) is 0.871. The zero-order chi connectivity index (χ0) is 9.84. The van der Waals surface area contributed by atoms with E-state index in [1.54, 1.807) is 0 Å². The molecule has 13 heavy (non-hydrogen) atoms. The highest BCUT2D eigenvalue weighted by molar-refractivity contribution is 7.13. The summed E-state index contributed by atoms with van der Waals surface area (Å²) < 4.78 is 0. The minimum Gasteiger partial charge on any atom is -0.476 e. The van der Waals surface area contributed by atoms with Gasteiger partial charge in [0.05, 0.1) is 5.69 Å². The fourth-order valence-corrected chi connectivity index (χ4v) is 2.03. The van der Waals surface area contributed by atoms with Crippen molar-refractivity contribution in [3.63, 3.8) is 0 Å². The number of hydrogen-bond acceptors (Lipinski definition) is 3. The van der Waals surface area contributed by atoms with E-state index in [2.05, 4.69) is 11.9 Å². The first kappa shape index (κ1) is 10.2. The number of aromatic carboxylic acids is 1. The molecule has 72 valence electrons. The number of unbranched alkanes of at least 4 members (excludes halogenated alkanes) is 1. The summed E-state index contributed by atoms with van der Waals surface area (Å²) in [5.74, 6) is -0.921. The van der Waals surface area contributed by atoms with Gasteiger partial charge in [0.25, 0.3) is 0 Å². The van der Waals surface area contributed by atoms with Crippen molar-refractivity contribution in [3.8, 4) is 0 Å². The van der Waals surface area contributed by atoms with Crippen LogP contribution < -0.4 is 0 Å². The number of carboxylic acids is 1. The van der Waals surface area contributed by atoms with Crippen LogP contribution in [-0.4, -0.2) is 16.1 Å². The van der Waals surface area contributed by atoms with Gasteiger partial charge in [-0.05, 0) is 19.8 Å². The van der Waals surface area contributed by atoms with E-state index in [1.807, 2.05) is 6.92 Å². The van der Waals surface area contributed by atoms with Crippen LogP contribution in [0.15, 0.2) is 0 Å². The van der Waals surface area contributed by atoms with Crippen LogP contribution in [0.2, 0.25) is 0 Å². The van der Waals surface area contributed by atoms with E-state index in [1.165, 1.54) is 11.3 Å². The van der Waals surface area contributed by atoms with Crippen molar-refractivity contribution in [2.24, 2.45) is 0 Å². The average molecular weight is 199 g/mol. The number of thiazole rings is 1. The molecule has 0 fully saturated rings. The summed E-state index contributed by atoms with van der Waals surface area (Å²) in [5, 5.41) is 8.91. The molecule has 0 unspecified atom stereocenters. The third-order valence-corrected chi connectivity index (χ3v) is 3.04. The second-order valence-corrected chi connectivity index (χ2v) is 4.02. The van der Waals surface area contributed by atoms with Crippen molar-refractivity contribution in [1.82, 2.24) is 4.98 Å². The Morgan fingerprint density at radius 1 is 1.62 bits per heavy atom. The van der Waals surface area contributed by atoms with E-state index in [9.17, 15) is 4.79 Å². The van der Waals surface area contributed by atoms with Gasteiger partial charge in [0.15, 0.2) is 0 Å². The van der Waals surface area contributed by atoms with Crippen molar-refractivity contribution in [2.45, 2.75) is 33.1 Å². The topological polar surface area (TPSA) is 50.2 Å². The highest BCUT2D eigenvalue weighted by atomic mass is 32.1. The number of aromatic nitrogens is 1. The number of hydrogen-bond donors (Lipinski definition) is 1. The fraction of sp³-hybridized carbons (Fsp3) is 0.556. The van der Waals surface area contributed by atoms with E-state index in [0.717, 1.165) is 29.8 Å². The van der Waals surface area contributed by atoms with Gasteiger partial charge < -0.3 is 5.11 Å². The fourth-order valence-electron chi connectivity index (χ4n) is 1.09. The molecule has 1 heterocycles. The number of carbonyl (C=O) groups is 1. The molecule has 1 aromatic heterocycles. The van der Waals surface area contributed by atoms with Gasteiger partial charge in [-0.1, -0.05) is 13.3 Å². The standard InChI is InChI=1S/C9H13NO2S/c1-3-4-5-7-6(2)10-8(13-7)9(11)12/h3-5H2,1-2H3,(H,11,12). The van der Waals surface area contributed by atoms with Gasteiger partial charge in [0.1, 0.15) is 0 Å². The van der Waals surface area contributed by atoms with Gasteiger partial charge >= 0.3 is 5.97 Å². The Hall–Kier alpha value is -0.900. The second-order valence-electron chi connectivity index (χ2n) is 2.94. The molecular weight excluding hydrogens is 186 g/mol. The Balaban J connectivity index is 2.77. The zero-order valence-electron chi connectivity index (χ0n) is 7.83. The third kappa shape index (κ3) is 2.52. The van der Waals surface area contributed by atoms with E-state index in [-0.39, 0.29) is 5.01 Å². The number of nitrogens with zero attached hydrogens (tertiary/aromatic N) is 1. The van der Waals surface area contributed by atoms with E-state index in [0.29, 0.717) is 0 Å². The van der Waals surface area contributed by atoms with Crippen LogP contribution in [0, 0.1) is 6.92 Å². The van der Waals surface area contributed by atoms with Crippen LogP contribution in [0.1, 0.15) is 40.1 Å². The van der Waals surface area contributed by atoms with E-state index < -0.39 is 5.97 Å². The number of carboxylic acid groups (broad SMARTS) is 1. The lowest BCUT2D eigenvalue weighted by Crippen LogP contribution is -1.93. The monoisotopic (exact) mass is 199 g/mol. The molecule has 0 aromatic carbocycles. The van der Waals surface area contributed by atoms with Gasteiger partial charge in [-0.25, -0.2) is 9.78 Å². The molecule has 0 amide bonds. The summed E-state index contributed by atoms with van der Waals surface area (Å²) >= 11 is 1.30. The highest BCUT2D eigenvalue weighted by Crippen LogP contribution is 2.19. The van der Waals surface area contributed by atoms with Gasteiger partial charge in [-0.3, -0.25) is 0 Å². The minimum absolute atomic E-state index is 0.212. The van der Waals surface area contributed by atoms with E-state index in [4.69, 9.17) is 5.11 Å². The Bertz CT molecular complexity index is 307. The molecule has 0 saturated heterocycles. The highest BCUT2D eigenvalue weighted by Gasteiger charge is 2.12. The molecular formula is C9H13NO2S. The lowest BCUT2D eigenvalue weighted by molar-refractivity contribution is 0.0696. The summed E-state index contributed by atoms with van der Waals surface area (Å²) in [4.78, 5) is 15.7. The summed E-state index contributed by atoms with van der Waals surface area (Å²) in [6, 6.07) is 0. The Labute approximate surface area is 81.4 Å². The van der Waals surface area contributed by atoms with Crippen LogP contribution >= 0.6 is 11.3 Å². The first-order chi connectivity index (χ1) is 6.15. The molecule has 0 aliphatic carbocycles. The minimum atomic E-state index is -0.921. The zero-order valence-corrected chi connectivity index (χ0v) is 8.65. The van der Waals surface area contributed by atoms with Gasteiger partial charge in [-0.15, -0.1) is 11.3 Å². The molecule has 0 saturated carbocycles. The number of rotatable bonds is 4. The molecule has 3 nitrogen and oxygen atoms in total. The molecule has 4 heteroatoms. The van der Waals surface area contributed by atoms with Crippen molar-refractivity contribution in [1.29, 1.82) is 0 Å². The number of aryl methyl sites for hydroxylation is 2. The van der Waals surface area contributed by atoms with Crippen molar-refractivity contribution < 1.29 is 9.90 Å². The lowest BCUT2D eigenvalue weighted by Gasteiger charge is -1.93. The van der Waals surface area contributed by atoms with Crippen LogP contribution in [0.4, 0.5) is 0 Å². The molecule has 0 bridgehead atoms. The smallest absolute Gasteiger partial charge is 0.365 e. The van der Waals surface area contributed by atoms with Crippen molar-refractivity contribution >= 4 is 17.3 Å². The molecule has 0 spiro atoms. The molecule has 0 radical (unpaired) electrons. The first-order valence-electron chi connectivity index (χ1n) is 4.34. The maximum absolute atomic E-state index is 10.6. The Morgan fingerprint density at radius 3 is 2.77 bits per heavy atom. The molecule has 1 N–H and O–H groups in total.